The van der Waals surface area contributed by atoms with Gasteiger partial charge < -0.3 is 9.15 Å². The lowest BCUT2D eigenvalue weighted by Gasteiger charge is -2.05. The van der Waals surface area contributed by atoms with Crippen LogP contribution in [0.3, 0.4) is 0 Å². The zero-order valence-corrected chi connectivity index (χ0v) is 11.3. The number of hydrogen-bond donors (Lipinski definition) is 0. The molecule has 0 fully saturated rings. The van der Waals surface area contributed by atoms with Crippen LogP contribution in [0, 0.1) is 6.92 Å². The summed E-state index contributed by atoms with van der Waals surface area (Å²) >= 11 is 0. The first kappa shape index (κ1) is 13.1. The van der Waals surface area contributed by atoms with Gasteiger partial charge in [0.1, 0.15) is 12.3 Å². The average molecular weight is 284 g/mol. The van der Waals surface area contributed by atoms with Crippen LogP contribution in [-0.4, -0.2) is 15.4 Å². The second kappa shape index (κ2) is 5.24. The summed E-state index contributed by atoms with van der Waals surface area (Å²) in [4.78, 5) is 28.0. The Morgan fingerprint density at radius 3 is 3.00 bits per heavy atom. The number of carbonyl (C=O) groups excluding carboxylic acids is 1. The molecule has 0 unspecified atom stereocenters. The van der Waals surface area contributed by atoms with Crippen LogP contribution in [0.1, 0.15) is 21.8 Å². The first-order chi connectivity index (χ1) is 10.1. The van der Waals surface area contributed by atoms with Crippen molar-refractivity contribution in [3.8, 4) is 0 Å². The molecule has 0 atom stereocenters. The standard InChI is InChI=1S/C15H12N2O4/c1-10-5-7-20-14(10)15(19)21-9-11-8-13(18)17-6-3-2-4-12(17)16-11/h2-8H,9H2,1H3. The molecule has 0 aromatic carbocycles. The fourth-order valence-corrected chi connectivity index (χ4v) is 1.96. The Labute approximate surface area is 119 Å². The third-order valence-electron chi connectivity index (χ3n) is 3.02. The number of aryl methyl sites for hydroxylation is 1. The fraction of sp³-hybridized carbons (Fsp3) is 0.133. The van der Waals surface area contributed by atoms with Crippen molar-refractivity contribution in [2.75, 3.05) is 0 Å². The molecule has 0 aliphatic rings. The second-order valence-electron chi connectivity index (χ2n) is 4.52. The minimum absolute atomic E-state index is 0.0837. The molecule has 6 heteroatoms. The first-order valence-electron chi connectivity index (χ1n) is 6.34. The lowest BCUT2D eigenvalue weighted by molar-refractivity contribution is 0.0430. The van der Waals surface area contributed by atoms with Gasteiger partial charge in [0.05, 0.1) is 12.0 Å². The van der Waals surface area contributed by atoms with Gasteiger partial charge in [-0.25, -0.2) is 9.78 Å². The maximum atomic E-state index is 11.9. The van der Waals surface area contributed by atoms with Crippen molar-refractivity contribution in [3.05, 3.63) is 70.2 Å². The molecule has 21 heavy (non-hydrogen) atoms. The monoisotopic (exact) mass is 284 g/mol. The van der Waals surface area contributed by atoms with Gasteiger partial charge in [-0.2, -0.15) is 0 Å². The molecule has 0 radical (unpaired) electrons. The third-order valence-corrected chi connectivity index (χ3v) is 3.02. The van der Waals surface area contributed by atoms with Crippen LogP contribution in [0.5, 0.6) is 0 Å². The first-order valence-corrected chi connectivity index (χ1v) is 6.34. The minimum atomic E-state index is -0.576. The number of carbonyl (C=O) groups is 1. The Bertz CT molecular complexity index is 863. The molecule has 0 aliphatic heterocycles. The molecule has 3 aromatic rings. The lowest BCUT2D eigenvalue weighted by Crippen LogP contribution is -2.16. The third kappa shape index (κ3) is 2.55. The Morgan fingerprint density at radius 2 is 2.24 bits per heavy atom. The largest absolute Gasteiger partial charge is 0.457 e. The molecule has 0 saturated heterocycles. The molecule has 3 aromatic heterocycles. The van der Waals surface area contributed by atoms with E-state index in [-0.39, 0.29) is 17.9 Å². The van der Waals surface area contributed by atoms with Crippen LogP contribution in [-0.2, 0) is 11.3 Å². The van der Waals surface area contributed by atoms with Crippen molar-refractivity contribution in [2.45, 2.75) is 13.5 Å². The number of pyridine rings is 1. The normalized spacial score (nSPS) is 10.7. The summed E-state index contributed by atoms with van der Waals surface area (Å²) < 4.78 is 11.6. The zero-order valence-electron chi connectivity index (χ0n) is 11.3. The Hall–Kier alpha value is -2.89. The zero-order chi connectivity index (χ0) is 14.8. The van der Waals surface area contributed by atoms with Crippen molar-refractivity contribution in [3.63, 3.8) is 0 Å². The topological polar surface area (TPSA) is 73.8 Å². The highest BCUT2D eigenvalue weighted by atomic mass is 16.5. The lowest BCUT2D eigenvalue weighted by atomic mass is 10.3. The van der Waals surface area contributed by atoms with Crippen molar-refractivity contribution in [1.29, 1.82) is 0 Å². The molecule has 6 nitrogen and oxygen atoms in total. The number of aromatic nitrogens is 2. The molecule has 3 heterocycles. The van der Waals surface area contributed by atoms with E-state index in [1.54, 1.807) is 37.4 Å². The van der Waals surface area contributed by atoms with E-state index in [9.17, 15) is 9.59 Å². The van der Waals surface area contributed by atoms with Crippen LogP contribution in [0.25, 0.3) is 5.65 Å². The van der Waals surface area contributed by atoms with Crippen molar-refractivity contribution in [1.82, 2.24) is 9.38 Å². The van der Waals surface area contributed by atoms with Crippen LogP contribution in [0.15, 0.2) is 52.0 Å². The Kier molecular flexibility index (Phi) is 3.27. The van der Waals surface area contributed by atoms with E-state index in [1.165, 1.54) is 16.7 Å². The summed E-state index contributed by atoms with van der Waals surface area (Å²) in [6, 6.07) is 8.26. The fourth-order valence-electron chi connectivity index (χ4n) is 1.96. The molecular weight excluding hydrogens is 272 g/mol. The summed E-state index contributed by atoms with van der Waals surface area (Å²) in [6.07, 6.45) is 3.05. The number of furan rings is 1. The molecule has 0 aliphatic carbocycles. The van der Waals surface area contributed by atoms with Gasteiger partial charge in [0, 0.05) is 17.8 Å². The van der Waals surface area contributed by atoms with E-state index in [2.05, 4.69) is 4.98 Å². The number of ether oxygens (including phenoxy) is 1. The second-order valence-corrected chi connectivity index (χ2v) is 4.52. The molecule has 0 amide bonds. The van der Waals surface area contributed by atoms with Crippen LogP contribution < -0.4 is 5.56 Å². The minimum Gasteiger partial charge on any atom is -0.457 e. The molecule has 0 saturated carbocycles. The maximum absolute atomic E-state index is 11.9. The molecule has 0 spiro atoms. The number of esters is 1. The highest BCUT2D eigenvalue weighted by molar-refractivity contribution is 5.87. The Balaban J connectivity index is 1.81. The van der Waals surface area contributed by atoms with Crippen molar-refractivity contribution < 1.29 is 13.9 Å². The van der Waals surface area contributed by atoms with E-state index in [0.29, 0.717) is 16.9 Å². The van der Waals surface area contributed by atoms with E-state index in [1.807, 2.05) is 0 Å². The van der Waals surface area contributed by atoms with Crippen LogP contribution >= 0.6 is 0 Å². The smallest absolute Gasteiger partial charge is 0.374 e. The van der Waals surface area contributed by atoms with Gasteiger partial charge in [-0.3, -0.25) is 9.20 Å². The molecule has 106 valence electrons. The van der Waals surface area contributed by atoms with Gasteiger partial charge in [-0.05, 0) is 25.1 Å². The van der Waals surface area contributed by atoms with Gasteiger partial charge in [-0.15, -0.1) is 0 Å². The quantitative estimate of drug-likeness (QED) is 0.687. The van der Waals surface area contributed by atoms with Gasteiger partial charge in [0.2, 0.25) is 5.76 Å². The number of hydrogen-bond acceptors (Lipinski definition) is 5. The van der Waals surface area contributed by atoms with Crippen LogP contribution in [0.2, 0.25) is 0 Å². The Morgan fingerprint density at radius 1 is 1.38 bits per heavy atom. The van der Waals surface area contributed by atoms with E-state index in [4.69, 9.17) is 9.15 Å². The molecule has 0 N–H and O–H groups in total. The summed E-state index contributed by atoms with van der Waals surface area (Å²) in [5.74, 6) is -0.417. The van der Waals surface area contributed by atoms with Crippen molar-refractivity contribution in [2.24, 2.45) is 0 Å². The number of fused-ring (bicyclic) bond motifs is 1. The summed E-state index contributed by atoms with van der Waals surface area (Å²) in [5, 5.41) is 0. The SMILES string of the molecule is Cc1ccoc1C(=O)OCc1cc(=O)n2ccccc2n1. The van der Waals surface area contributed by atoms with Crippen LogP contribution in [0.4, 0.5) is 0 Å². The number of nitrogens with zero attached hydrogens (tertiary/aromatic N) is 2. The number of rotatable bonds is 3. The average Bonchev–Trinajstić information content (AvgIpc) is 2.91. The predicted molar refractivity (Wildman–Crippen MR) is 74.0 cm³/mol. The highest BCUT2D eigenvalue weighted by Crippen LogP contribution is 2.11. The van der Waals surface area contributed by atoms with E-state index < -0.39 is 5.97 Å². The van der Waals surface area contributed by atoms with Crippen molar-refractivity contribution >= 4 is 11.6 Å². The predicted octanol–water partition coefficient (Wildman–Crippen LogP) is 1.95. The van der Waals surface area contributed by atoms with E-state index >= 15 is 0 Å². The highest BCUT2D eigenvalue weighted by Gasteiger charge is 2.14. The van der Waals surface area contributed by atoms with Gasteiger partial charge in [0.15, 0.2) is 0 Å². The van der Waals surface area contributed by atoms with Gasteiger partial charge in [-0.1, -0.05) is 6.07 Å². The maximum Gasteiger partial charge on any atom is 0.374 e. The molecular formula is C15H12N2O4. The summed E-state index contributed by atoms with van der Waals surface area (Å²) in [5.41, 5.74) is 1.38. The summed E-state index contributed by atoms with van der Waals surface area (Å²) in [7, 11) is 0. The van der Waals surface area contributed by atoms with E-state index in [0.717, 1.165) is 0 Å². The van der Waals surface area contributed by atoms with Gasteiger partial charge in [0.25, 0.3) is 5.56 Å². The molecule has 0 bridgehead atoms. The summed E-state index contributed by atoms with van der Waals surface area (Å²) in [6.45, 7) is 1.67. The van der Waals surface area contributed by atoms with Gasteiger partial charge >= 0.3 is 5.97 Å². The molecule has 3 rings (SSSR count).